The first-order chi connectivity index (χ1) is 7.99. The maximum absolute atomic E-state index is 6.12. The summed E-state index contributed by atoms with van der Waals surface area (Å²) in [6.07, 6.45) is 4.77. The van der Waals surface area contributed by atoms with Gasteiger partial charge >= 0.3 is 0 Å². The second-order valence-electron chi connectivity index (χ2n) is 5.92. The Morgan fingerprint density at radius 3 is 2.65 bits per heavy atom. The van der Waals surface area contributed by atoms with Gasteiger partial charge in [0.25, 0.3) is 0 Å². The molecule has 0 fully saturated rings. The number of hydrogen-bond donors (Lipinski definition) is 2. The summed E-state index contributed by atoms with van der Waals surface area (Å²) < 4.78 is 0. The second-order valence-corrected chi connectivity index (χ2v) is 5.92. The number of hydrogen-bond acceptors (Lipinski definition) is 2. The van der Waals surface area contributed by atoms with Gasteiger partial charge in [-0.25, -0.2) is 0 Å². The summed E-state index contributed by atoms with van der Waals surface area (Å²) in [5, 5.41) is 3.39. The SMILES string of the molecule is CNC(CC(C)(C)N)c1ccc2c(c1)CCC2. The second kappa shape index (κ2) is 4.79. The zero-order valence-corrected chi connectivity index (χ0v) is 11.2. The molecule has 1 atom stereocenters. The molecule has 17 heavy (non-hydrogen) atoms. The minimum absolute atomic E-state index is 0.132. The van der Waals surface area contributed by atoms with Gasteiger partial charge < -0.3 is 11.1 Å². The van der Waals surface area contributed by atoms with E-state index in [1.54, 1.807) is 0 Å². The van der Waals surface area contributed by atoms with Crippen molar-refractivity contribution in [2.24, 2.45) is 5.73 Å². The molecule has 2 rings (SSSR count). The Labute approximate surface area is 105 Å². The van der Waals surface area contributed by atoms with Crippen molar-refractivity contribution in [2.45, 2.75) is 51.1 Å². The molecule has 0 spiro atoms. The summed E-state index contributed by atoms with van der Waals surface area (Å²) >= 11 is 0. The van der Waals surface area contributed by atoms with E-state index in [4.69, 9.17) is 5.73 Å². The number of fused-ring (bicyclic) bond motifs is 1. The van der Waals surface area contributed by atoms with E-state index in [0.717, 1.165) is 6.42 Å². The lowest BCUT2D eigenvalue weighted by Gasteiger charge is -2.26. The number of benzene rings is 1. The molecule has 3 N–H and O–H groups in total. The average Bonchev–Trinajstić information content (AvgIpc) is 2.71. The fourth-order valence-electron chi connectivity index (χ4n) is 2.72. The smallest absolute Gasteiger partial charge is 0.0334 e. The van der Waals surface area contributed by atoms with Gasteiger partial charge in [0, 0.05) is 11.6 Å². The summed E-state index contributed by atoms with van der Waals surface area (Å²) in [5.74, 6) is 0. The Hall–Kier alpha value is -0.860. The molecular formula is C15H24N2. The first-order valence-electron chi connectivity index (χ1n) is 6.57. The number of nitrogens with one attached hydrogen (secondary N) is 1. The molecule has 0 saturated carbocycles. The predicted molar refractivity (Wildman–Crippen MR) is 73.2 cm³/mol. The molecule has 1 aliphatic rings. The van der Waals surface area contributed by atoms with Crippen LogP contribution in [0.5, 0.6) is 0 Å². The molecule has 0 heterocycles. The quantitative estimate of drug-likeness (QED) is 0.837. The molecular weight excluding hydrogens is 208 g/mol. The van der Waals surface area contributed by atoms with E-state index in [-0.39, 0.29) is 5.54 Å². The Morgan fingerprint density at radius 1 is 1.29 bits per heavy atom. The van der Waals surface area contributed by atoms with Gasteiger partial charge in [-0.3, -0.25) is 0 Å². The molecule has 2 heteroatoms. The van der Waals surface area contributed by atoms with Crippen molar-refractivity contribution in [1.29, 1.82) is 0 Å². The van der Waals surface area contributed by atoms with Gasteiger partial charge in [0.05, 0.1) is 0 Å². The van der Waals surface area contributed by atoms with Gasteiger partial charge in [0.1, 0.15) is 0 Å². The van der Waals surface area contributed by atoms with Crippen LogP contribution in [-0.4, -0.2) is 12.6 Å². The molecule has 0 saturated heterocycles. The minimum atomic E-state index is -0.132. The van der Waals surface area contributed by atoms with Crippen molar-refractivity contribution in [3.05, 3.63) is 34.9 Å². The normalized spacial score (nSPS) is 16.9. The molecule has 0 aromatic heterocycles. The lowest BCUT2D eigenvalue weighted by Crippen LogP contribution is -2.36. The molecule has 0 aliphatic heterocycles. The highest BCUT2D eigenvalue weighted by Crippen LogP contribution is 2.28. The molecule has 94 valence electrons. The van der Waals surface area contributed by atoms with Crippen molar-refractivity contribution in [3.8, 4) is 0 Å². The van der Waals surface area contributed by atoms with Gasteiger partial charge in [-0.15, -0.1) is 0 Å². The van der Waals surface area contributed by atoms with Crippen molar-refractivity contribution in [1.82, 2.24) is 5.32 Å². The van der Waals surface area contributed by atoms with Gasteiger partial charge in [-0.2, -0.15) is 0 Å². The average molecular weight is 232 g/mol. The largest absolute Gasteiger partial charge is 0.325 e. The van der Waals surface area contributed by atoms with E-state index < -0.39 is 0 Å². The fourth-order valence-corrected chi connectivity index (χ4v) is 2.72. The first-order valence-corrected chi connectivity index (χ1v) is 6.57. The third-order valence-corrected chi connectivity index (χ3v) is 3.60. The summed E-state index contributed by atoms with van der Waals surface area (Å²) in [5.41, 5.74) is 10.4. The highest BCUT2D eigenvalue weighted by molar-refractivity contribution is 5.36. The highest BCUT2D eigenvalue weighted by atomic mass is 14.9. The summed E-state index contributed by atoms with van der Waals surface area (Å²) in [6, 6.07) is 7.29. The van der Waals surface area contributed by atoms with E-state index >= 15 is 0 Å². The number of nitrogens with two attached hydrogens (primary N) is 1. The Bertz CT molecular complexity index is 390. The summed E-state index contributed by atoms with van der Waals surface area (Å²) in [4.78, 5) is 0. The lowest BCUT2D eigenvalue weighted by atomic mass is 9.91. The zero-order valence-electron chi connectivity index (χ0n) is 11.2. The highest BCUT2D eigenvalue weighted by Gasteiger charge is 2.20. The van der Waals surface area contributed by atoms with Crippen molar-refractivity contribution in [3.63, 3.8) is 0 Å². The maximum atomic E-state index is 6.12. The third-order valence-electron chi connectivity index (χ3n) is 3.60. The zero-order chi connectivity index (χ0) is 12.5. The van der Waals surface area contributed by atoms with E-state index in [9.17, 15) is 0 Å². The lowest BCUT2D eigenvalue weighted by molar-refractivity contribution is 0.396. The fraction of sp³-hybridized carbons (Fsp3) is 0.600. The Kier molecular flexibility index (Phi) is 3.55. The van der Waals surface area contributed by atoms with E-state index in [0.29, 0.717) is 6.04 Å². The monoisotopic (exact) mass is 232 g/mol. The van der Waals surface area contributed by atoms with Crippen LogP contribution >= 0.6 is 0 Å². The van der Waals surface area contributed by atoms with E-state index in [1.165, 1.54) is 36.0 Å². The number of rotatable bonds is 4. The molecule has 1 aliphatic carbocycles. The molecule has 1 aromatic rings. The van der Waals surface area contributed by atoms with Crippen molar-refractivity contribution >= 4 is 0 Å². The molecule has 0 radical (unpaired) electrons. The van der Waals surface area contributed by atoms with Crippen LogP contribution in [0, 0.1) is 0 Å². The molecule has 2 nitrogen and oxygen atoms in total. The van der Waals surface area contributed by atoms with Crippen molar-refractivity contribution in [2.75, 3.05) is 7.05 Å². The van der Waals surface area contributed by atoms with Crippen LogP contribution < -0.4 is 11.1 Å². The maximum Gasteiger partial charge on any atom is 0.0334 e. The van der Waals surface area contributed by atoms with Crippen LogP contribution in [0.2, 0.25) is 0 Å². The van der Waals surface area contributed by atoms with E-state index in [2.05, 4.69) is 37.4 Å². The van der Waals surface area contributed by atoms with Crippen LogP contribution in [0.1, 0.15) is 49.4 Å². The van der Waals surface area contributed by atoms with Crippen LogP contribution in [0.4, 0.5) is 0 Å². The van der Waals surface area contributed by atoms with Crippen LogP contribution in [0.3, 0.4) is 0 Å². The van der Waals surface area contributed by atoms with E-state index in [1.807, 2.05) is 7.05 Å². The van der Waals surface area contributed by atoms with Gasteiger partial charge in [0.2, 0.25) is 0 Å². The predicted octanol–water partition coefficient (Wildman–Crippen LogP) is 2.56. The van der Waals surface area contributed by atoms with Gasteiger partial charge in [-0.05, 0) is 63.3 Å². The van der Waals surface area contributed by atoms with Gasteiger partial charge in [-0.1, -0.05) is 18.2 Å². The van der Waals surface area contributed by atoms with Crippen molar-refractivity contribution < 1.29 is 0 Å². The third kappa shape index (κ3) is 3.08. The summed E-state index contributed by atoms with van der Waals surface area (Å²) in [6.45, 7) is 4.18. The van der Waals surface area contributed by atoms with Crippen LogP contribution in [0.25, 0.3) is 0 Å². The minimum Gasteiger partial charge on any atom is -0.325 e. The topological polar surface area (TPSA) is 38.0 Å². The first kappa shape index (κ1) is 12.6. The summed E-state index contributed by atoms with van der Waals surface area (Å²) in [7, 11) is 2.02. The Balaban J connectivity index is 2.20. The Morgan fingerprint density at radius 2 is 2.00 bits per heavy atom. The molecule has 0 amide bonds. The number of aryl methyl sites for hydroxylation is 2. The van der Waals surface area contributed by atoms with Crippen LogP contribution in [0.15, 0.2) is 18.2 Å². The standard InChI is InChI=1S/C15H24N2/c1-15(2,16)10-14(17-3)13-8-7-11-5-4-6-12(11)9-13/h7-9,14,17H,4-6,10,16H2,1-3H3. The molecule has 0 bridgehead atoms. The molecule has 1 aromatic carbocycles. The van der Waals surface area contributed by atoms with Crippen LogP contribution in [-0.2, 0) is 12.8 Å². The van der Waals surface area contributed by atoms with Gasteiger partial charge in [0.15, 0.2) is 0 Å². The molecule has 1 unspecified atom stereocenters.